The minimum atomic E-state index is -0.0423. The summed E-state index contributed by atoms with van der Waals surface area (Å²) in [5.74, 6) is 0.628. The average Bonchev–Trinajstić information content (AvgIpc) is 3.35. The van der Waals surface area contributed by atoms with Crippen LogP contribution in [0.3, 0.4) is 0 Å². The van der Waals surface area contributed by atoms with Crippen LogP contribution in [0.25, 0.3) is 0 Å². The lowest BCUT2D eigenvalue weighted by Gasteiger charge is -2.17. The van der Waals surface area contributed by atoms with E-state index in [2.05, 4.69) is 15.5 Å². The van der Waals surface area contributed by atoms with Crippen molar-refractivity contribution < 1.29 is 9.53 Å². The summed E-state index contributed by atoms with van der Waals surface area (Å²) in [7, 11) is 0. The molecule has 23 heavy (non-hydrogen) atoms. The standard InChI is InChI=1S/C18H33N3O2/c22-18(19-10-12-23-17-5-3-1-2-4-6-17)20-13-15-9-11-21(14-15)16-7-8-16/h15-17H,1-14H2,(H2,19,20,22). The molecule has 0 aromatic heterocycles. The summed E-state index contributed by atoms with van der Waals surface area (Å²) in [4.78, 5) is 14.4. The molecule has 2 amide bonds. The van der Waals surface area contributed by atoms with E-state index in [-0.39, 0.29) is 6.03 Å². The summed E-state index contributed by atoms with van der Waals surface area (Å²) in [6.45, 7) is 4.43. The molecular weight excluding hydrogens is 290 g/mol. The Bertz CT molecular complexity index is 365. The van der Waals surface area contributed by atoms with Crippen LogP contribution >= 0.6 is 0 Å². The van der Waals surface area contributed by atoms with E-state index >= 15 is 0 Å². The molecule has 3 aliphatic rings. The van der Waals surface area contributed by atoms with Gasteiger partial charge in [-0.2, -0.15) is 0 Å². The molecule has 1 heterocycles. The second-order valence-corrected chi connectivity index (χ2v) is 7.50. The monoisotopic (exact) mass is 323 g/mol. The van der Waals surface area contributed by atoms with E-state index in [4.69, 9.17) is 4.74 Å². The SMILES string of the molecule is O=C(NCCOC1CCCCCC1)NCC1CCN(C2CC2)C1. The third kappa shape index (κ3) is 5.96. The van der Waals surface area contributed by atoms with Gasteiger partial charge in [-0.3, -0.25) is 0 Å². The second-order valence-electron chi connectivity index (χ2n) is 7.50. The number of carbonyl (C=O) groups is 1. The zero-order chi connectivity index (χ0) is 15.9. The lowest BCUT2D eigenvalue weighted by molar-refractivity contribution is 0.0460. The fraction of sp³-hybridized carbons (Fsp3) is 0.944. The summed E-state index contributed by atoms with van der Waals surface area (Å²) >= 11 is 0. The first-order valence-electron chi connectivity index (χ1n) is 9.68. The van der Waals surface area contributed by atoms with Gasteiger partial charge in [0.15, 0.2) is 0 Å². The average molecular weight is 323 g/mol. The van der Waals surface area contributed by atoms with Crippen molar-refractivity contribution in [2.24, 2.45) is 5.92 Å². The molecule has 0 bridgehead atoms. The summed E-state index contributed by atoms with van der Waals surface area (Å²) in [5, 5.41) is 5.94. The van der Waals surface area contributed by atoms with E-state index < -0.39 is 0 Å². The Labute approximate surface area is 140 Å². The lowest BCUT2D eigenvalue weighted by Crippen LogP contribution is -2.40. The Hall–Kier alpha value is -0.810. The highest BCUT2D eigenvalue weighted by Gasteiger charge is 2.34. The van der Waals surface area contributed by atoms with Gasteiger partial charge < -0.3 is 20.3 Å². The van der Waals surface area contributed by atoms with Gasteiger partial charge in [0.25, 0.3) is 0 Å². The van der Waals surface area contributed by atoms with Crippen molar-refractivity contribution in [3.63, 3.8) is 0 Å². The highest BCUT2D eigenvalue weighted by molar-refractivity contribution is 5.73. The molecule has 2 N–H and O–H groups in total. The van der Waals surface area contributed by atoms with Gasteiger partial charge in [-0.25, -0.2) is 4.79 Å². The summed E-state index contributed by atoms with van der Waals surface area (Å²) in [6.07, 6.45) is 12.0. The molecule has 3 rings (SSSR count). The Morgan fingerprint density at radius 2 is 1.78 bits per heavy atom. The number of ether oxygens (including phenoxy) is 1. The second kappa shape index (κ2) is 8.88. The predicted molar refractivity (Wildman–Crippen MR) is 91.5 cm³/mol. The van der Waals surface area contributed by atoms with Crippen LogP contribution in [0, 0.1) is 5.92 Å². The summed E-state index contributed by atoms with van der Waals surface area (Å²) in [6, 6.07) is 0.814. The molecule has 0 aromatic rings. The van der Waals surface area contributed by atoms with Crippen LogP contribution in [-0.2, 0) is 4.74 Å². The first-order chi connectivity index (χ1) is 11.3. The molecule has 1 aliphatic heterocycles. The zero-order valence-electron chi connectivity index (χ0n) is 14.4. The van der Waals surface area contributed by atoms with E-state index in [1.807, 2.05) is 0 Å². The van der Waals surface area contributed by atoms with Crippen LogP contribution in [0.4, 0.5) is 4.79 Å². The van der Waals surface area contributed by atoms with E-state index in [1.54, 1.807) is 0 Å². The number of likely N-dealkylation sites (tertiary alicyclic amines) is 1. The molecule has 2 saturated carbocycles. The lowest BCUT2D eigenvalue weighted by atomic mass is 10.1. The minimum absolute atomic E-state index is 0.0423. The minimum Gasteiger partial charge on any atom is -0.376 e. The largest absolute Gasteiger partial charge is 0.376 e. The van der Waals surface area contributed by atoms with Gasteiger partial charge in [-0.05, 0) is 44.6 Å². The van der Waals surface area contributed by atoms with Crippen molar-refractivity contribution in [3.05, 3.63) is 0 Å². The molecule has 0 aromatic carbocycles. The van der Waals surface area contributed by atoms with Crippen LogP contribution in [0.15, 0.2) is 0 Å². The molecule has 5 nitrogen and oxygen atoms in total. The molecule has 1 atom stereocenters. The maximum atomic E-state index is 11.8. The summed E-state index contributed by atoms with van der Waals surface area (Å²) < 4.78 is 5.89. The number of carbonyl (C=O) groups excluding carboxylic acids is 1. The van der Waals surface area contributed by atoms with Gasteiger partial charge in [0, 0.05) is 25.7 Å². The number of nitrogens with zero attached hydrogens (tertiary/aromatic N) is 1. The smallest absolute Gasteiger partial charge is 0.314 e. The van der Waals surface area contributed by atoms with Crippen LogP contribution in [-0.4, -0.2) is 55.9 Å². The number of rotatable bonds is 7. The van der Waals surface area contributed by atoms with Gasteiger partial charge in [0.05, 0.1) is 12.7 Å². The Balaban J connectivity index is 1.20. The maximum absolute atomic E-state index is 11.8. The summed E-state index contributed by atoms with van der Waals surface area (Å²) in [5.41, 5.74) is 0. The van der Waals surface area contributed by atoms with Gasteiger partial charge in [0.2, 0.25) is 0 Å². The quantitative estimate of drug-likeness (QED) is 0.559. The van der Waals surface area contributed by atoms with Crippen molar-refractivity contribution in [1.29, 1.82) is 0 Å². The topological polar surface area (TPSA) is 53.6 Å². The van der Waals surface area contributed by atoms with Crippen molar-refractivity contribution in [1.82, 2.24) is 15.5 Å². The Morgan fingerprint density at radius 1 is 1.00 bits per heavy atom. The van der Waals surface area contributed by atoms with E-state index in [1.165, 1.54) is 64.3 Å². The van der Waals surface area contributed by atoms with Crippen LogP contribution < -0.4 is 10.6 Å². The number of hydrogen-bond acceptors (Lipinski definition) is 3. The number of urea groups is 1. The molecule has 0 spiro atoms. The zero-order valence-corrected chi connectivity index (χ0v) is 14.4. The van der Waals surface area contributed by atoms with Crippen LogP contribution in [0.5, 0.6) is 0 Å². The first kappa shape index (κ1) is 17.0. The predicted octanol–water partition coefficient (Wildman–Crippen LogP) is 2.51. The van der Waals surface area contributed by atoms with Gasteiger partial charge in [0.1, 0.15) is 0 Å². The fourth-order valence-electron chi connectivity index (χ4n) is 3.90. The third-order valence-electron chi connectivity index (χ3n) is 5.48. The Kier molecular flexibility index (Phi) is 6.57. The molecule has 5 heteroatoms. The number of hydrogen-bond donors (Lipinski definition) is 2. The van der Waals surface area contributed by atoms with Crippen molar-refractivity contribution in [2.75, 3.05) is 32.8 Å². The molecule has 0 radical (unpaired) electrons. The third-order valence-corrected chi connectivity index (χ3v) is 5.48. The first-order valence-corrected chi connectivity index (χ1v) is 9.68. The van der Waals surface area contributed by atoms with Gasteiger partial charge in [-0.1, -0.05) is 25.7 Å². The molecule has 1 unspecified atom stereocenters. The van der Waals surface area contributed by atoms with Crippen molar-refractivity contribution in [2.45, 2.75) is 69.9 Å². The molecule has 1 saturated heterocycles. The van der Waals surface area contributed by atoms with Gasteiger partial charge >= 0.3 is 6.03 Å². The molecule has 132 valence electrons. The Morgan fingerprint density at radius 3 is 2.52 bits per heavy atom. The van der Waals surface area contributed by atoms with Crippen molar-refractivity contribution >= 4 is 6.03 Å². The molecular formula is C18H33N3O2. The van der Waals surface area contributed by atoms with E-state index in [0.717, 1.165) is 19.1 Å². The van der Waals surface area contributed by atoms with E-state index in [9.17, 15) is 4.79 Å². The van der Waals surface area contributed by atoms with Gasteiger partial charge in [-0.15, -0.1) is 0 Å². The molecule has 3 fully saturated rings. The van der Waals surface area contributed by atoms with Crippen LogP contribution in [0.2, 0.25) is 0 Å². The van der Waals surface area contributed by atoms with E-state index in [0.29, 0.717) is 25.2 Å². The molecule has 2 aliphatic carbocycles. The normalized spacial score (nSPS) is 26.9. The number of amides is 2. The van der Waals surface area contributed by atoms with Crippen molar-refractivity contribution in [3.8, 4) is 0 Å². The highest BCUT2D eigenvalue weighted by atomic mass is 16.5. The van der Waals surface area contributed by atoms with Crippen LogP contribution in [0.1, 0.15) is 57.8 Å². The fourth-order valence-corrected chi connectivity index (χ4v) is 3.90. The number of nitrogens with one attached hydrogen (secondary N) is 2. The highest BCUT2D eigenvalue weighted by Crippen LogP contribution is 2.31. The maximum Gasteiger partial charge on any atom is 0.314 e.